The maximum Gasteiger partial charge on any atom is 0.241 e. The fourth-order valence-corrected chi connectivity index (χ4v) is 2.44. The Hall–Kier alpha value is -1.22. The first-order chi connectivity index (χ1) is 7.89. The van der Waals surface area contributed by atoms with Gasteiger partial charge in [0.1, 0.15) is 5.82 Å². The lowest BCUT2D eigenvalue weighted by atomic mass is 10.3. The molecule has 0 saturated carbocycles. The van der Waals surface area contributed by atoms with E-state index in [1.165, 1.54) is 0 Å². The summed E-state index contributed by atoms with van der Waals surface area (Å²) < 4.78 is 38.4. The monoisotopic (exact) mass is 264 g/mol. The number of anilines is 1. The molecule has 0 aliphatic heterocycles. The van der Waals surface area contributed by atoms with Crippen molar-refractivity contribution in [3.8, 4) is 0 Å². The van der Waals surface area contributed by atoms with E-state index in [-0.39, 0.29) is 10.6 Å². The number of hydrogen-bond donors (Lipinski definition) is 4. The molecule has 0 bridgehead atoms. The second-order valence-electron chi connectivity index (χ2n) is 3.40. The van der Waals surface area contributed by atoms with E-state index in [4.69, 9.17) is 15.9 Å². The third kappa shape index (κ3) is 3.63. The molecule has 0 aromatic heterocycles. The van der Waals surface area contributed by atoms with Gasteiger partial charge in [-0.05, 0) is 18.2 Å². The summed E-state index contributed by atoms with van der Waals surface area (Å²) in [6.45, 7) is -1.14. The minimum Gasteiger partial charge on any atom is -0.399 e. The Morgan fingerprint density at radius 3 is 2.35 bits per heavy atom. The standard InChI is InChI=1S/C9H13FN2O4S/c10-6-1-7(11)3-9(2-6)17(15,16)12-8(4-13)5-14/h1-3,8,12-14H,4-5,11H2. The molecule has 96 valence electrons. The Balaban J connectivity index is 3.04. The lowest BCUT2D eigenvalue weighted by Gasteiger charge is -2.14. The van der Waals surface area contributed by atoms with Crippen molar-refractivity contribution < 1.29 is 23.0 Å². The average Bonchev–Trinajstić information content (AvgIpc) is 2.24. The number of rotatable bonds is 5. The molecule has 0 amide bonds. The fraction of sp³-hybridized carbons (Fsp3) is 0.333. The van der Waals surface area contributed by atoms with Crippen molar-refractivity contribution in [1.29, 1.82) is 0 Å². The van der Waals surface area contributed by atoms with Gasteiger partial charge in [-0.25, -0.2) is 17.5 Å². The molecule has 1 aromatic rings. The van der Waals surface area contributed by atoms with Crippen molar-refractivity contribution >= 4 is 15.7 Å². The first kappa shape index (κ1) is 13.8. The van der Waals surface area contributed by atoms with Crippen LogP contribution in [0.2, 0.25) is 0 Å². The topological polar surface area (TPSA) is 113 Å². The van der Waals surface area contributed by atoms with Gasteiger partial charge in [0.2, 0.25) is 10.0 Å². The highest BCUT2D eigenvalue weighted by molar-refractivity contribution is 7.89. The van der Waals surface area contributed by atoms with Crippen LogP contribution < -0.4 is 10.5 Å². The zero-order valence-electron chi connectivity index (χ0n) is 8.80. The summed E-state index contributed by atoms with van der Waals surface area (Å²) in [6, 6.07) is 1.82. The number of aliphatic hydroxyl groups excluding tert-OH is 2. The van der Waals surface area contributed by atoms with Crippen LogP contribution in [-0.4, -0.2) is 37.9 Å². The minimum atomic E-state index is -4.02. The van der Waals surface area contributed by atoms with Crippen molar-refractivity contribution in [1.82, 2.24) is 4.72 Å². The molecule has 0 heterocycles. The number of sulfonamides is 1. The van der Waals surface area contributed by atoms with Crippen LogP contribution in [0.3, 0.4) is 0 Å². The third-order valence-corrected chi connectivity index (χ3v) is 3.47. The second kappa shape index (κ2) is 5.41. The van der Waals surface area contributed by atoms with Crippen LogP contribution in [0, 0.1) is 5.82 Å². The number of nitrogen functional groups attached to an aromatic ring is 1. The Kier molecular flexibility index (Phi) is 4.40. The van der Waals surface area contributed by atoms with Crippen molar-refractivity contribution in [2.45, 2.75) is 10.9 Å². The Bertz CT molecular complexity index is 468. The van der Waals surface area contributed by atoms with E-state index < -0.39 is 35.1 Å². The first-order valence-corrected chi connectivity index (χ1v) is 6.17. The number of nitrogens with two attached hydrogens (primary N) is 1. The Morgan fingerprint density at radius 2 is 1.88 bits per heavy atom. The van der Waals surface area contributed by atoms with E-state index in [1.807, 2.05) is 4.72 Å². The molecular weight excluding hydrogens is 251 g/mol. The molecular formula is C9H13FN2O4S. The molecule has 6 nitrogen and oxygen atoms in total. The zero-order valence-corrected chi connectivity index (χ0v) is 9.61. The molecule has 0 fully saturated rings. The summed E-state index contributed by atoms with van der Waals surface area (Å²) in [7, 11) is -4.02. The molecule has 0 atom stereocenters. The minimum absolute atomic E-state index is 0.0325. The Labute approximate surface area is 97.9 Å². The zero-order chi connectivity index (χ0) is 13.1. The van der Waals surface area contributed by atoms with Crippen LogP contribution in [-0.2, 0) is 10.0 Å². The second-order valence-corrected chi connectivity index (χ2v) is 5.12. The molecule has 1 rings (SSSR count). The van der Waals surface area contributed by atoms with Gasteiger partial charge in [-0.2, -0.15) is 0 Å². The highest BCUT2D eigenvalue weighted by atomic mass is 32.2. The van der Waals surface area contributed by atoms with Gasteiger partial charge < -0.3 is 15.9 Å². The summed E-state index contributed by atoms with van der Waals surface area (Å²) in [5.41, 5.74) is 5.29. The van der Waals surface area contributed by atoms with E-state index in [0.717, 1.165) is 18.2 Å². The number of aliphatic hydroxyl groups is 2. The van der Waals surface area contributed by atoms with Crippen LogP contribution in [0.5, 0.6) is 0 Å². The maximum atomic E-state index is 13.0. The van der Waals surface area contributed by atoms with Gasteiger partial charge >= 0.3 is 0 Å². The van der Waals surface area contributed by atoms with Crippen LogP contribution in [0.25, 0.3) is 0 Å². The predicted octanol–water partition coefficient (Wildman–Crippen LogP) is -0.961. The van der Waals surface area contributed by atoms with Gasteiger partial charge in [-0.15, -0.1) is 0 Å². The highest BCUT2D eigenvalue weighted by Gasteiger charge is 2.20. The van der Waals surface area contributed by atoms with Gasteiger partial charge in [-0.1, -0.05) is 0 Å². The number of nitrogens with one attached hydrogen (secondary N) is 1. The van der Waals surface area contributed by atoms with Gasteiger partial charge in [0.25, 0.3) is 0 Å². The van der Waals surface area contributed by atoms with E-state index >= 15 is 0 Å². The normalized spacial score (nSPS) is 12.0. The number of hydrogen-bond acceptors (Lipinski definition) is 5. The predicted molar refractivity (Wildman–Crippen MR) is 59.1 cm³/mol. The van der Waals surface area contributed by atoms with Crippen LogP contribution in [0.1, 0.15) is 0 Å². The molecule has 0 radical (unpaired) electrons. The van der Waals surface area contributed by atoms with Crippen LogP contribution >= 0.6 is 0 Å². The van der Waals surface area contributed by atoms with E-state index in [9.17, 15) is 12.8 Å². The molecule has 0 spiro atoms. The molecule has 0 aliphatic rings. The number of benzene rings is 1. The lowest BCUT2D eigenvalue weighted by Crippen LogP contribution is -2.40. The van der Waals surface area contributed by atoms with Crippen molar-refractivity contribution in [2.75, 3.05) is 18.9 Å². The van der Waals surface area contributed by atoms with Crippen LogP contribution in [0.15, 0.2) is 23.1 Å². The molecule has 1 aromatic carbocycles. The van der Waals surface area contributed by atoms with Crippen molar-refractivity contribution in [3.63, 3.8) is 0 Å². The summed E-state index contributed by atoms with van der Waals surface area (Å²) in [5.74, 6) is -0.782. The van der Waals surface area contributed by atoms with Gasteiger partial charge in [0.15, 0.2) is 0 Å². The molecule has 5 N–H and O–H groups in total. The molecule has 0 saturated heterocycles. The van der Waals surface area contributed by atoms with Gasteiger partial charge in [0.05, 0.1) is 24.2 Å². The first-order valence-electron chi connectivity index (χ1n) is 4.69. The molecule has 0 unspecified atom stereocenters. The van der Waals surface area contributed by atoms with Crippen molar-refractivity contribution in [3.05, 3.63) is 24.0 Å². The lowest BCUT2D eigenvalue weighted by molar-refractivity contribution is 0.185. The summed E-state index contributed by atoms with van der Waals surface area (Å²) in [5, 5.41) is 17.5. The highest BCUT2D eigenvalue weighted by Crippen LogP contribution is 2.15. The number of halogens is 1. The van der Waals surface area contributed by atoms with E-state index in [0.29, 0.717) is 0 Å². The third-order valence-electron chi connectivity index (χ3n) is 1.97. The van der Waals surface area contributed by atoms with E-state index in [1.54, 1.807) is 0 Å². The van der Waals surface area contributed by atoms with Gasteiger partial charge in [0, 0.05) is 5.69 Å². The smallest absolute Gasteiger partial charge is 0.241 e. The Morgan fingerprint density at radius 1 is 1.29 bits per heavy atom. The molecule has 0 aliphatic carbocycles. The fourth-order valence-electron chi connectivity index (χ4n) is 1.16. The maximum absolute atomic E-state index is 13.0. The summed E-state index contributed by atoms with van der Waals surface area (Å²) in [6.07, 6.45) is 0. The van der Waals surface area contributed by atoms with Gasteiger partial charge in [-0.3, -0.25) is 0 Å². The molecule has 17 heavy (non-hydrogen) atoms. The largest absolute Gasteiger partial charge is 0.399 e. The SMILES string of the molecule is Nc1cc(F)cc(S(=O)(=O)NC(CO)CO)c1. The van der Waals surface area contributed by atoms with Crippen molar-refractivity contribution in [2.24, 2.45) is 0 Å². The average molecular weight is 264 g/mol. The summed E-state index contributed by atoms with van der Waals surface area (Å²) in [4.78, 5) is -0.359. The quantitative estimate of drug-likeness (QED) is 0.512. The van der Waals surface area contributed by atoms with Crippen LogP contribution in [0.4, 0.5) is 10.1 Å². The molecule has 8 heteroatoms. The summed E-state index contributed by atoms with van der Waals surface area (Å²) >= 11 is 0. The van der Waals surface area contributed by atoms with E-state index in [2.05, 4.69) is 0 Å².